The minimum Gasteiger partial charge on any atom is -0.373 e. The molecule has 0 aromatic heterocycles. The quantitative estimate of drug-likeness (QED) is 0.291. The lowest BCUT2D eigenvalue weighted by Crippen LogP contribution is -2.64. The summed E-state index contributed by atoms with van der Waals surface area (Å²) in [6, 6.07) is 19.8. The van der Waals surface area contributed by atoms with E-state index in [4.69, 9.17) is 0 Å². The Morgan fingerprint density at radius 2 is 1.40 bits per heavy atom. The van der Waals surface area contributed by atoms with E-state index in [0.29, 0.717) is 28.9 Å². The SMILES string of the molecule is O=C(C1Nc2ccccc2C1C1CCCCCCC1)N1CCC2(C3CCCCCCCC3)NC(NC3(c4ccccc4)CC3)SC2C1. The zero-order chi connectivity index (χ0) is 31.7. The number of rotatable bonds is 6. The van der Waals surface area contributed by atoms with Crippen molar-refractivity contribution in [1.29, 1.82) is 0 Å². The number of benzene rings is 2. The number of piperidine rings is 1. The predicted molar refractivity (Wildman–Crippen MR) is 196 cm³/mol. The van der Waals surface area contributed by atoms with E-state index in [1.807, 2.05) is 0 Å². The first kappa shape index (κ1) is 32.2. The van der Waals surface area contributed by atoms with Crippen LogP contribution in [0.25, 0.3) is 0 Å². The molecule has 3 aliphatic carbocycles. The number of carbonyl (C=O) groups excluding carboxylic acids is 1. The van der Waals surface area contributed by atoms with Crippen molar-refractivity contribution in [3.05, 3.63) is 65.7 Å². The van der Waals surface area contributed by atoms with Crippen LogP contribution in [0, 0.1) is 11.8 Å². The van der Waals surface area contributed by atoms with Crippen molar-refractivity contribution >= 4 is 23.4 Å². The average molecular weight is 655 g/mol. The van der Waals surface area contributed by atoms with Crippen molar-refractivity contribution in [3.8, 4) is 0 Å². The van der Waals surface area contributed by atoms with Crippen molar-refractivity contribution in [2.75, 3.05) is 18.4 Å². The Bertz CT molecular complexity index is 1350. The molecule has 6 heteroatoms. The molecule has 2 aromatic rings. The van der Waals surface area contributed by atoms with Crippen molar-refractivity contribution in [3.63, 3.8) is 0 Å². The number of carbonyl (C=O) groups is 1. The van der Waals surface area contributed by atoms with Crippen LogP contribution in [0.1, 0.15) is 133 Å². The molecule has 5 nitrogen and oxygen atoms in total. The molecule has 254 valence electrons. The summed E-state index contributed by atoms with van der Waals surface area (Å²) in [6.45, 7) is 1.75. The summed E-state index contributed by atoms with van der Waals surface area (Å²) in [7, 11) is 0. The molecule has 3 saturated carbocycles. The molecule has 1 amide bonds. The Morgan fingerprint density at radius 1 is 0.766 bits per heavy atom. The summed E-state index contributed by atoms with van der Waals surface area (Å²) >= 11 is 2.11. The van der Waals surface area contributed by atoms with Crippen LogP contribution < -0.4 is 16.0 Å². The van der Waals surface area contributed by atoms with Crippen LogP contribution in [0.4, 0.5) is 5.69 Å². The molecule has 2 aromatic carbocycles. The smallest absolute Gasteiger partial charge is 0.245 e. The first-order valence-corrected chi connectivity index (χ1v) is 20.5. The van der Waals surface area contributed by atoms with Gasteiger partial charge in [-0.05, 0) is 74.0 Å². The van der Waals surface area contributed by atoms with Crippen molar-refractivity contribution < 1.29 is 4.79 Å². The lowest BCUT2D eigenvalue weighted by molar-refractivity contribution is -0.134. The maximum absolute atomic E-state index is 14.8. The number of nitrogens with zero attached hydrogens (tertiary/aromatic N) is 1. The van der Waals surface area contributed by atoms with Gasteiger partial charge in [-0.1, -0.05) is 119 Å². The Balaban J connectivity index is 1.04. The maximum atomic E-state index is 14.8. The molecule has 8 rings (SSSR count). The molecule has 6 aliphatic rings. The normalized spacial score (nSPS) is 33.3. The van der Waals surface area contributed by atoms with Crippen LogP contribution in [0.3, 0.4) is 0 Å². The molecule has 47 heavy (non-hydrogen) atoms. The molecule has 3 N–H and O–H groups in total. The summed E-state index contributed by atoms with van der Waals surface area (Å²) in [5.41, 5.74) is 4.44. The van der Waals surface area contributed by atoms with E-state index >= 15 is 0 Å². The number of hydrogen-bond donors (Lipinski definition) is 3. The number of thioether (sulfide) groups is 1. The van der Waals surface area contributed by atoms with Crippen LogP contribution >= 0.6 is 11.8 Å². The number of nitrogens with one attached hydrogen (secondary N) is 3. The molecular weight excluding hydrogens is 597 g/mol. The van der Waals surface area contributed by atoms with Crippen molar-refractivity contribution in [2.45, 2.75) is 149 Å². The van der Waals surface area contributed by atoms with E-state index in [1.165, 1.54) is 126 Å². The topological polar surface area (TPSA) is 56.4 Å². The van der Waals surface area contributed by atoms with Gasteiger partial charge in [-0.2, -0.15) is 0 Å². The molecule has 5 atom stereocenters. The van der Waals surface area contributed by atoms with Crippen LogP contribution in [0.2, 0.25) is 0 Å². The number of fused-ring (bicyclic) bond motifs is 2. The number of hydrogen-bond acceptors (Lipinski definition) is 5. The highest BCUT2D eigenvalue weighted by Gasteiger charge is 2.57. The van der Waals surface area contributed by atoms with E-state index in [9.17, 15) is 4.79 Å². The van der Waals surface area contributed by atoms with Gasteiger partial charge in [-0.3, -0.25) is 15.4 Å². The number of para-hydroxylation sites is 1. The molecule has 3 heterocycles. The third kappa shape index (κ3) is 6.53. The lowest BCUT2D eigenvalue weighted by atomic mass is 9.71. The number of likely N-dealkylation sites (tertiary alicyclic amines) is 1. The summed E-state index contributed by atoms with van der Waals surface area (Å²) < 4.78 is 0. The second-order valence-electron chi connectivity index (χ2n) is 16.1. The molecule has 0 radical (unpaired) electrons. The van der Waals surface area contributed by atoms with Gasteiger partial charge in [-0.25, -0.2) is 0 Å². The maximum Gasteiger partial charge on any atom is 0.245 e. The highest BCUT2D eigenvalue weighted by atomic mass is 32.2. The van der Waals surface area contributed by atoms with Gasteiger partial charge in [0, 0.05) is 41.0 Å². The van der Waals surface area contributed by atoms with Gasteiger partial charge in [0.15, 0.2) is 0 Å². The molecule has 5 unspecified atom stereocenters. The van der Waals surface area contributed by atoms with Crippen molar-refractivity contribution in [1.82, 2.24) is 15.5 Å². The van der Waals surface area contributed by atoms with Gasteiger partial charge in [-0.15, -0.1) is 11.8 Å². The zero-order valence-electron chi connectivity index (χ0n) is 28.6. The average Bonchev–Trinajstić information content (AvgIpc) is 3.57. The van der Waals surface area contributed by atoms with E-state index in [1.54, 1.807) is 0 Å². The van der Waals surface area contributed by atoms with Crippen LogP contribution in [0.15, 0.2) is 54.6 Å². The van der Waals surface area contributed by atoms with E-state index in [0.717, 1.165) is 19.5 Å². The van der Waals surface area contributed by atoms with Gasteiger partial charge in [0.25, 0.3) is 0 Å². The summed E-state index contributed by atoms with van der Waals surface area (Å²) in [5, 5.41) is 12.7. The molecular formula is C41H58N4OS. The highest BCUT2D eigenvalue weighted by molar-refractivity contribution is 8.00. The van der Waals surface area contributed by atoms with Gasteiger partial charge >= 0.3 is 0 Å². The Morgan fingerprint density at radius 3 is 2.11 bits per heavy atom. The Labute approximate surface area is 288 Å². The first-order chi connectivity index (χ1) is 23.2. The van der Waals surface area contributed by atoms with E-state index in [2.05, 4.69) is 87.2 Å². The summed E-state index contributed by atoms with van der Waals surface area (Å²) in [5.74, 6) is 1.93. The van der Waals surface area contributed by atoms with Crippen LogP contribution in [0.5, 0.6) is 0 Å². The fraction of sp³-hybridized carbons (Fsp3) is 0.683. The van der Waals surface area contributed by atoms with Gasteiger partial charge in [0.2, 0.25) is 5.91 Å². The molecule has 5 fully saturated rings. The summed E-state index contributed by atoms with van der Waals surface area (Å²) in [4.78, 5) is 17.1. The predicted octanol–water partition coefficient (Wildman–Crippen LogP) is 8.91. The Kier molecular flexibility index (Phi) is 9.64. The largest absolute Gasteiger partial charge is 0.373 e. The minimum absolute atomic E-state index is 0.0961. The molecule has 0 spiro atoms. The second kappa shape index (κ2) is 14.1. The van der Waals surface area contributed by atoms with Crippen LogP contribution in [-0.4, -0.2) is 46.2 Å². The summed E-state index contributed by atoms with van der Waals surface area (Å²) in [6.07, 6.45) is 23.6. The van der Waals surface area contributed by atoms with Gasteiger partial charge in [0.1, 0.15) is 11.5 Å². The zero-order valence-corrected chi connectivity index (χ0v) is 29.4. The van der Waals surface area contributed by atoms with E-state index in [-0.39, 0.29) is 22.6 Å². The van der Waals surface area contributed by atoms with Gasteiger partial charge in [0.05, 0.1) is 0 Å². The standard InChI is InChI=1S/C41H58N4OS/c46-38(37-36(30-17-9-4-3-5-10-18-30)33-23-15-16-24-34(33)42-37)45-28-27-41(32-21-11-6-1-2-7-12-22-32)35(29-45)47-39(44-41)43-40(25-26-40)31-19-13-8-14-20-31/h8,13-16,19-20,23-24,30,32,35-37,39,42-44H,1-7,9-12,17-18,21-22,25-29H2. The highest BCUT2D eigenvalue weighted by Crippen LogP contribution is 2.52. The first-order valence-electron chi connectivity index (χ1n) is 19.6. The third-order valence-electron chi connectivity index (χ3n) is 13.2. The third-order valence-corrected chi connectivity index (χ3v) is 14.7. The van der Waals surface area contributed by atoms with E-state index < -0.39 is 0 Å². The van der Waals surface area contributed by atoms with Crippen LogP contribution in [-0.2, 0) is 10.3 Å². The Hall–Kier alpha value is -2.02. The number of amides is 1. The molecule has 0 bridgehead atoms. The number of anilines is 1. The molecule has 2 saturated heterocycles. The molecule has 3 aliphatic heterocycles. The lowest BCUT2D eigenvalue weighted by Gasteiger charge is -2.49. The second-order valence-corrected chi connectivity index (χ2v) is 17.4. The fourth-order valence-electron chi connectivity index (χ4n) is 10.5. The van der Waals surface area contributed by atoms with Crippen molar-refractivity contribution in [2.24, 2.45) is 11.8 Å². The fourth-order valence-corrected chi connectivity index (χ4v) is 12.3. The minimum atomic E-state index is -0.129. The van der Waals surface area contributed by atoms with Gasteiger partial charge < -0.3 is 10.2 Å². The monoisotopic (exact) mass is 654 g/mol.